The number of rotatable bonds is 10. The molecule has 1 amide bonds. The smallest absolute Gasteiger partial charge is 0.251 e. The number of amides is 1. The first-order valence-corrected chi connectivity index (χ1v) is 10.8. The lowest BCUT2D eigenvalue weighted by atomic mass is 10.0. The molecule has 0 unspecified atom stereocenters. The second kappa shape index (κ2) is 15.5. The van der Waals surface area contributed by atoms with Crippen LogP contribution in [0.4, 0.5) is 0 Å². The number of halogens is 3. The number of aromatic nitrogens is 2. The van der Waals surface area contributed by atoms with Gasteiger partial charge in [0, 0.05) is 56.5 Å². The van der Waals surface area contributed by atoms with E-state index < -0.39 is 0 Å². The van der Waals surface area contributed by atoms with Gasteiger partial charge in [0.2, 0.25) is 0 Å². The number of nitrogens with one attached hydrogen (secondary N) is 1. The van der Waals surface area contributed by atoms with Gasteiger partial charge in [0.25, 0.3) is 5.91 Å². The molecule has 0 atom stereocenters. The summed E-state index contributed by atoms with van der Waals surface area (Å²) in [7, 11) is 0. The van der Waals surface area contributed by atoms with E-state index in [0.717, 1.165) is 55.8 Å². The number of carbonyl (C=O) groups is 1. The summed E-state index contributed by atoms with van der Waals surface area (Å²) in [5.41, 5.74) is 4.32. The topological polar surface area (TPSA) is 67.3 Å². The predicted molar refractivity (Wildman–Crippen MR) is 142 cm³/mol. The molecular weight excluding hydrogens is 495 g/mol. The summed E-state index contributed by atoms with van der Waals surface area (Å²) in [5.74, 6) is 0.748. The number of pyridine rings is 2. The zero-order valence-electron chi connectivity index (χ0n) is 18.9. The highest BCUT2D eigenvalue weighted by Gasteiger charge is 2.17. The van der Waals surface area contributed by atoms with Gasteiger partial charge in [-0.3, -0.25) is 19.7 Å². The van der Waals surface area contributed by atoms with Crippen molar-refractivity contribution in [3.8, 4) is 5.75 Å². The predicted octanol–water partition coefficient (Wildman–Crippen LogP) is 4.54. The number of benzene rings is 1. The van der Waals surface area contributed by atoms with Crippen LogP contribution in [0.5, 0.6) is 5.75 Å². The van der Waals surface area contributed by atoms with E-state index in [-0.39, 0.29) is 43.1 Å². The molecular formula is C25H31Cl3N4O2. The number of fused-ring (bicyclic) bond motifs is 1. The van der Waals surface area contributed by atoms with Crippen molar-refractivity contribution in [1.82, 2.24) is 20.2 Å². The Labute approximate surface area is 219 Å². The Morgan fingerprint density at radius 2 is 1.76 bits per heavy atom. The molecule has 0 bridgehead atoms. The van der Waals surface area contributed by atoms with Gasteiger partial charge >= 0.3 is 0 Å². The quantitative estimate of drug-likeness (QED) is 0.394. The minimum absolute atomic E-state index is 0. The van der Waals surface area contributed by atoms with E-state index in [9.17, 15) is 4.79 Å². The third kappa shape index (κ3) is 8.76. The van der Waals surface area contributed by atoms with Gasteiger partial charge in [0.15, 0.2) is 0 Å². The van der Waals surface area contributed by atoms with Crippen molar-refractivity contribution in [2.75, 3.05) is 26.2 Å². The largest absolute Gasteiger partial charge is 0.494 e. The lowest BCUT2D eigenvalue weighted by molar-refractivity contribution is 0.0945. The zero-order valence-corrected chi connectivity index (χ0v) is 21.3. The van der Waals surface area contributed by atoms with Gasteiger partial charge in [0.1, 0.15) is 5.75 Å². The van der Waals surface area contributed by atoms with Gasteiger partial charge in [0.05, 0.1) is 6.61 Å². The minimum atomic E-state index is -0.00868. The molecule has 2 aromatic heterocycles. The molecule has 0 saturated heterocycles. The Morgan fingerprint density at radius 3 is 2.53 bits per heavy atom. The van der Waals surface area contributed by atoms with E-state index in [0.29, 0.717) is 13.2 Å². The van der Waals surface area contributed by atoms with Crippen LogP contribution in [0.3, 0.4) is 0 Å². The molecule has 1 aliphatic rings. The molecule has 9 heteroatoms. The van der Waals surface area contributed by atoms with Crippen molar-refractivity contribution in [1.29, 1.82) is 0 Å². The van der Waals surface area contributed by atoms with Crippen molar-refractivity contribution in [2.24, 2.45) is 0 Å². The monoisotopic (exact) mass is 524 g/mol. The van der Waals surface area contributed by atoms with Crippen LogP contribution in [-0.2, 0) is 19.4 Å². The summed E-state index contributed by atoms with van der Waals surface area (Å²) < 4.78 is 5.96. The van der Waals surface area contributed by atoms with Crippen molar-refractivity contribution in [3.63, 3.8) is 0 Å². The van der Waals surface area contributed by atoms with Crippen LogP contribution >= 0.6 is 37.2 Å². The van der Waals surface area contributed by atoms with Crippen LogP contribution in [0.25, 0.3) is 0 Å². The second-order valence-electron chi connectivity index (χ2n) is 7.77. The Hall–Kier alpha value is -2.38. The van der Waals surface area contributed by atoms with Crippen molar-refractivity contribution in [3.05, 3.63) is 89.5 Å². The molecule has 4 rings (SSSR count). The van der Waals surface area contributed by atoms with E-state index >= 15 is 0 Å². The molecule has 184 valence electrons. The Balaban J connectivity index is 0.00000193. The average molecular weight is 526 g/mol. The molecule has 1 N–H and O–H groups in total. The van der Waals surface area contributed by atoms with Crippen LogP contribution in [0.2, 0.25) is 0 Å². The third-order valence-electron chi connectivity index (χ3n) is 5.49. The molecule has 34 heavy (non-hydrogen) atoms. The summed E-state index contributed by atoms with van der Waals surface area (Å²) in [5, 5.41) is 2.89. The van der Waals surface area contributed by atoms with Gasteiger partial charge in [-0.25, -0.2) is 0 Å². The molecule has 0 saturated carbocycles. The maximum absolute atomic E-state index is 12.0. The fourth-order valence-electron chi connectivity index (χ4n) is 3.81. The summed E-state index contributed by atoms with van der Waals surface area (Å²) in [4.78, 5) is 22.8. The SMILES string of the molecule is Cl.Cl.Cl.O=C1NCCc2ccc(OCCCN(CCc3cccnc3)Cc3ccncc3)cc21. The van der Waals surface area contributed by atoms with Gasteiger partial charge < -0.3 is 10.1 Å². The van der Waals surface area contributed by atoms with Crippen LogP contribution in [-0.4, -0.2) is 47.0 Å². The molecule has 0 fully saturated rings. The van der Waals surface area contributed by atoms with Crippen molar-refractivity contribution in [2.45, 2.75) is 25.8 Å². The average Bonchev–Trinajstić information content (AvgIpc) is 2.82. The zero-order chi connectivity index (χ0) is 21.3. The molecule has 6 nitrogen and oxygen atoms in total. The first-order chi connectivity index (χ1) is 15.3. The summed E-state index contributed by atoms with van der Waals surface area (Å²) in [6.07, 6.45) is 10.2. The highest BCUT2D eigenvalue weighted by molar-refractivity contribution is 5.97. The highest BCUT2D eigenvalue weighted by Crippen LogP contribution is 2.21. The second-order valence-corrected chi connectivity index (χ2v) is 7.77. The molecule has 1 aliphatic heterocycles. The molecule has 0 radical (unpaired) electrons. The molecule has 3 heterocycles. The summed E-state index contributed by atoms with van der Waals surface area (Å²) in [6, 6.07) is 14.1. The van der Waals surface area contributed by atoms with Crippen LogP contribution in [0.15, 0.2) is 67.3 Å². The van der Waals surface area contributed by atoms with Gasteiger partial charge in [-0.2, -0.15) is 0 Å². The number of hydrogen-bond acceptors (Lipinski definition) is 5. The van der Waals surface area contributed by atoms with Crippen LogP contribution < -0.4 is 10.1 Å². The number of nitrogens with zero attached hydrogens (tertiary/aromatic N) is 3. The first-order valence-electron chi connectivity index (χ1n) is 10.8. The first kappa shape index (κ1) is 29.7. The fourth-order valence-corrected chi connectivity index (χ4v) is 3.81. The number of hydrogen-bond donors (Lipinski definition) is 1. The lowest BCUT2D eigenvalue weighted by Crippen LogP contribution is -2.31. The molecule has 0 spiro atoms. The Bertz CT molecular complexity index is 994. The van der Waals surface area contributed by atoms with Crippen LogP contribution in [0, 0.1) is 0 Å². The Morgan fingerprint density at radius 1 is 0.941 bits per heavy atom. The molecule has 3 aromatic rings. The number of carbonyl (C=O) groups excluding carboxylic acids is 1. The van der Waals surface area contributed by atoms with E-state index in [1.807, 2.05) is 42.9 Å². The van der Waals surface area contributed by atoms with Gasteiger partial charge in [-0.1, -0.05) is 12.1 Å². The molecule has 1 aromatic carbocycles. The van der Waals surface area contributed by atoms with E-state index in [1.165, 1.54) is 11.1 Å². The van der Waals surface area contributed by atoms with E-state index in [2.05, 4.69) is 38.4 Å². The summed E-state index contributed by atoms with van der Waals surface area (Å²) >= 11 is 0. The standard InChI is InChI=1S/C25H28N4O2.3ClH/c30-25-24-17-23(5-4-22(24)8-13-28-25)31-16-2-14-29(19-21-6-11-26-12-7-21)15-9-20-3-1-10-27-18-20;;;/h1,3-7,10-12,17-18H,2,8-9,13-16,19H2,(H,28,30);3*1H. The molecule has 0 aliphatic carbocycles. The number of ether oxygens (including phenoxy) is 1. The fraction of sp³-hybridized carbons (Fsp3) is 0.320. The minimum Gasteiger partial charge on any atom is -0.494 e. The van der Waals surface area contributed by atoms with E-state index in [1.54, 1.807) is 6.20 Å². The van der Waals surface area contributed by atoms with Gasteiger partial charge in [-0.05, 0) is 66.3 Å². The lowest BCUT2D eigenvalue weighted by Gasteiger charge is -2.22. The van der Waals surface area contributed by atoms with E-state index in [4.69, 9.17) is 4.74 Å². The maximum Gasteiger partial charge on any atom is 0.251 e. The van der Waals surface area contributed by atoms with Crippen molar-refractivity contribution >= 4 is 43.1 Å². The normalized spacial score (nSPS) is 11.9. The van der Waals surface area contributed by atoms with Crippen molar-refractivity contribution < 1.29 is 9.53 Å². The summed E-state index contributed by atoms with van der Waals surface area (Å²) in [6.45, 7) is 4.07. The highest BCUT2D eigenvalue weighted by atomic mass is 35.5. The van der Waals surface area contributed by atoms with Crippen LogP contribution in [0.1, 0.15) is 33.5 Å². The maximum atomic E-state index is 12.0. The Kier molecular flexibility index (Phi) is 13.5. The third-order valence-corrected chi connectivity index (χ3v) is 5.49. The van der Waals surface area contributed by atoms with Gasteiger partial charge in [-0.15, -0.1) is 37.2 Å².